The second-order valence-corrected chi connectivity index (χ2v) is 8.49. The maximum absolute atomic E-state index is 5.48. The number of fused-ring (bicyclic) bond motifs is 1. The zero-order valence-electron chi connectivity index (χ0n) is 18.4. The van der Waals surface area contributed by atoms with Gasteiger partial charge in [0.15, 0.2) is 5.96 Å². The quantitative estimate of drug-likeness (QED) is 0.563. The summed E-state index contributed by atoms with van der Waals surface area (Å²) in [5.74, 6) is 3.65. The Morgan fingerprint density at radius 3 is 2.90 bits per heavy atom. The van der Waals surface area contributed by atoms with Crippen LogP contribution in [0, 0.1) is 6.92 Å². The molecule has 7 nitrogen and oxygen atoms in total. The summed E-state index contributed by atoms with van der Waals surface area (Å²) in [6, 6.07) is 8.68. The van der Waals surface area contributed by atoms with Gasteiger partial charge in [0, 0.05) is 18.5 Å². The lowest BCUT2D eigenvalue weighted by molar-refractivity contribution is 0.395. The highest BCUT2D eigenvalue weighted by molar-refractivity contribution is 5.80. The second kappa shape index (κ2) is 9.06. The molecule has 0 radical (unpaired) electrons. The maximum atomic E-state index is 5.48. The van der Waals surface area contributed by atoms with Gasteiger partial charge in [-0.1, -0.05) is 25.0 Å². The molecule has 30 heavy (non-hydrogen) atoms. The molecule has 2 aromatic rings. The number of nitrogens with zero attached hydrogens (tertiary/aromatic N) is 4. The number of guanidine groups is 1. The number of benzene rings is 1. The molecule has 0 saturated heterocycles. The molecule has 1 aliphatic carbocycles. The van der Waals surface area contributed by atoms with E-state index in [-0.39, 0.29) is 11.5 Å². The molecule has 2 aliphatic rings. The molecule has 1 unspecified atom stereocenters. The smallest absolute Gasteiger partial charge is 0.191 e. The van der Waals surface area contributed by atoms with Crippen molar-refractivity contribution in [2.45, 2.75) is 70.4 Å². The molecule has 1 aliphatic heterocycles. The lowest BCUT2D eigenvalue weighted by Crippen LogP contribution is -2.42. The fourth-order valence-corrected chi connectivity index (χ4v) is 4.86. The molecule has 1 saturated carbocycles. The third-order valence-electron chi connectivity index (χ3n) is 6.42. The Morgan fingerprint density at radius 1 is 1.30 bits per heavy atom. The first-order valence-corrected chi connectivity index (χ1v) is 11.2. The average molecular weight is 411 g/mol. The van der Waals surface area contributed by atoms with Gasteiger partial charge in [0.05, 0.1) is 19.7 Å². The molecule has 1 aromatic heterocycles. The third-order valence-corrected chi connectivity index (χ3v) is 6.42. The zero-order chi connectivity index (χ0) is 21.0. The van der Waals surface area contributed by atoms with Gasteiger partial charge in [-0.3, -0.25) is 4.99 Å². The molecule has 7 heteroatoms. The van der Waals surface area contributed by atoms with Gasteiger partial charge in [0.25, 0.3) is 0 Å². The predicted molar refractivity (Wildman–Crippen MR) is 119 cm³/mol. The molecule has 162 valence electrons. The van der Waals surface area contributed by atoms with Crippen LogP contribution in [0.4, 0.5) is 0 Å². The topological polar surface area (TPSA) is 76.4 Å². The lowest BCUT2D eigenvalue weighted by atomic mass is 9.79. The standard InChI is InChI=1S/C23H34N6O/c1-4-24-22(27-20-11-8-14-29-21(20)26-17(2)28-29)25-16-23(12-5-6-13-23)18-9-7-10-19(15-18)30-3/h7,9-10,15,20H,4-6,8,11-14,16H2,1-3H3,(H2,24,25,27). The van der Waals surface area contributed by atoms with E-state index in [1.807, 2.05) is 17.7 Å². The summed E-state index contributed by atoms with van der Waals surface area (Å²) < 4.78 is 7.52. The summed E-state index contributed by atoms with van der Waals surface area (Å²) in [5, 5.41) is 11.6. The van der Waals surface area contributed by atoms with Crippen LogP contribution in [0.3, 0.4) is 0 Å². The highest BCUT2D eigenvalue weighted by Crippen LogP contribution is 2.42. The summed E-state index contributed by atoms with van der Waals surface area (Å²) in [6.45, 7) is 6.61. The minimum atomic E-state index is 0.0834. The van der Waals surface area contributed by atoms with Crippen molar-refractivity contribution < 1.29 is 4.74 Å². The first kappa shape index (κ1) is 20.7. The fraction of sp³-hybridized carbons (Fsp3) is 0.609. The van der Waals surface area contributed by atoms with Crippen LogP contribution in [0.5, 0.6) is 5.75 Å². The minimum absolute atomic E-state index is 0.0834. The monoisotopic (exact) mass is 410 g/mol. The third kappa shape index (κ3) is 4.30. The number of rotatable bonds is 6. The zero-order valence-corrected chi connectivity index (χ0v) is 18.4. The van der Waals surface area contributed by atoms with Crippen LogP contribution < -0.4 is 15.4 Å². The van der Waals surface area contributed by atoms with Crippen molar-refractivity contribution in [2.24, 2.45) is 4.99 Å². The minimum Gasteiger partial charge on any atom is -0.497 e. The molecule has 2 N–H and O–H groups in total. The van der Waals surface area contributed by atoms with E-state index in [0.717, 1.165) is 55.8 Å². The number of hydrogen-bond acceptors (Lipinski definition) is 4. The van der Waals surface area contributed by atoms with Gasteiger partial charge < -0.3 is 15.4 Å². The molecular weight excluding hydrogens is 376 g/mol. The lowest BCUT2D eigenvalue weighted by Gasteiger charge is -2.29. The molecule has 0 bridgehead atoms. The van der Waals surface area contributed by atoms with Crippen LogP contribution in [0.2, 0.25) is 0 Å². The normalized spacial score (nSPS) is 20.6. The average Bonchev–Trinajstić information content (AvgIpc) is 3.39. The largest absolute Gasteiger partial charge is 0.497 e. The highest BCUT2D eigenvalue weighted by Gasteiger charge is 2.36. The van der Waals surface area contributed by atoms with Gasteiger partial charge in [0.1, 0.15) is 17.4 Å². The molecule has 4 rings (SSSR count). The van der Waals surface area contributed by atoms with Crippen LogP contribution in [0.25, 0.3) is 0 Å². The van der Waals surface area contributed by atoms with Gasteiger partial charge in [-0.2, -0.15) is 5.10 Å². The van der Waals surface area contributed by atoms with Crippen LogP contribution >= 0.6 is 0 Å². The molecule has 0 amide bonds. The van der Waals surface area contributed by atoms with Crippen molar-refractivity contribution in [3.05, 3.63) is 41.5 Å². The van der Waals surface area contributed by atoms with Crippen molar-refractivity contribution in [2.75, 3.05) is 20.2 Å². The molecular formula is C23H34N6O. The summed E-state index contributed by atoms with van der Waals surface area (Å²) in [6.07, 6.45) is 6.98. The highest BCUT2D eigenvalue weighted by atomic mass is 16.5. The van der Waals surface area contributed by atoms with E-state index >= 15 is 0 Å². The van der Waals surface area contributed by atoms with E-state index in [9.17, 15) is 0 Å². The Labute approximate surface area is 179 Å². The summed E-state index contributed by atoms with van der Waals surface area (Å²) in [5.41, 5.74) is 1.42. The van der Waals surface area contributed by atoms with Crippen LogP contribution in [0.1, 0.15) is 68.7 Å². The van der Waals surface area contributed by atoms with Crippen molar-refractivity contribution in [3.63, 3.8) is 0 Å². The van der Waals surface area contributed by atoms with Crippen LogP contribution in [-0.4, -0.2) is 40.9 Å². The maximum Gasteiger partial charge on any atom is 0.191 e. The van der Waals surface area contributed by atoms with Gasteiger partial charge in [0.2, 0.25) is 0 Å². The second-order valence-electron chi connectivity index (χ2n) is 8.49. The Balaban J connectivity index is 1.55. The van der Waals surface area contributed by atoms with E-state index in [0.29, 0.717) is 0 Å². The number of nitrogens with one attached hydrogen (secondary N) is 2. The van der Waals surface area contributed by atoms with Gasteiger partial charge in [-0.25, -0.2) is 9.67 Å². The summed E-state index contributed by atoms with van der Waals surface area (Å²) >= 11 is 0. The first-order chi connectivity index (χ1) is 14.6. The van der Waals surface area contributed by atoms with Crippen molar-refractivity contribution >= 4 is 5.96 Å². The Bertz CT molecular complexity index is 884. The van der Waals surface area contributed by atoms with Gasteiger partial charge >= 0.3 is 0 Å². The summed E-state index contributed by atoms with van der Waals surface area (Å²) in [4.78, 5) is 9.73. The predicted octanol–water partition coefficient (Wildman–Crippen LogP) is 3.50. The van der Waals surface area contributed by atoms with Crippen molar-refractivity contribution in [3.8, 4) is 5.75 Å². The van der Waals surface area contributed by atoms with Crippen LogP contribution in [0.15, 0.2) is 29.3 Å². The van der Waals surface area contributed by atoms with Gasteiger partial charge in [-0.15, -0.1) is 0 Å². The number of ether oxygens (including phenoxy) is 1. The van der Waals surface area contributed by atoms with E-state index in [4.69, 9.17) is 9.73 Å². The first-order valence-electron chi connectivity index (χ1n) is 11.2. The Kier molecular flexibility index (Phi) is 6.25. The number of methoxy groups -OCH3 is 1. The van der Waals surface area contributed by atoms with Crippen molar-refractivity contribution in [1.82, 2.24) is 25.4 Å². The molecule has 2 heterocycles. The van der Waals surface area contributed by atoms with Crippen LogP contribution in [-0.2, 0) is 12.0 Å². The van der Waals surface area contributed by atoms with Gasteiger partial charge in [-0.05, 0) is 57.2 Å². The number of aromatic nitrogens is 3. The van der Waals surface area contributed by atoms with E-state index in [1.54, 1.807) is 7.11 Å². The van der Waals surface area contributed by atoms with E-state index in [1.165, 1.54) is 31.2 Å². The number of hydrogen-bond donors (Lipinski definition) is 2. The van der Waals surface area contributed by atoms with Crippen molar-refractivity contribution in [1.29, 1.82) is 0 Å². The number of aryl methyl sites for hydroxylation is 2. The summed E-state index contributed by atoms with van der Waals surface area (Å²) in [7, 11) is 1.73. The SMILES string of the molecule is CCNC(=NCC1(c2cccc(OC)c2)CCCC1)NC1CCCn2nc(C)nc21. The Morgan fingerprint density at radius 2 is 2.13 bits per heavy atom. The molecule has 1 aromatic carbocycles. The number of aliphatic imine (C=N–C) groups is 1. The Hall–Kier alpha value is -2.57. The van der Waals surface area contributed by atoms with E-state index in [2.05, 4.69) is 45.8 Å². The molecule has 0 spiro atoms. The molecule has 1 fully saturated rings. The fourth-order valence-electron chi connectivity index (χ4n) is 4.86. The van der Waals surface area contributed by atoms with E-state index < -0.39 is 0 Å². The molecule has 1 atom stereocenters.